The minimum absolute atomic E-state index is 0.00701. The van der Waals surface area contributed by atoms with Gasteiger partial charge in [-0.25, -0.2) is 0 Å². The number of benzene rings is 1. The number of hydrogen-bond acceptors (Lipinski definition) is 28. The Morgan fingerprint density at radius 3 is 1.61 bits per heavy atom. The number of hydrogen-bond donors (Lipinski definition) is 20. The van der Waals surface area contributed by atoms with Crippen LogP contribution in [0.4, 0.5) is 0 Å². The topological polar surface area (TPSA) is 620 Å². The van der Waals surface area contributed by atoms with E-state index in [1.54, 1.807) is 44.2 Å². The van der Waals surface area contributed by atoms with Crippen molar-refractivity contribution in [3.05, 3.63) is 35.9 Å². The van der Waals surface area contributed by atoms with Gasteiger partial charge in [-0.2, -0.15) is 0 Å². The van der Waals surface area contributed by atoms with Gasteiger partial charge in [-0.15, -0.1) is 11.8 Å². The fourth-order valence-corrected chi connectivity index (χ4v) is 14.1. The van der Waals surface area contributed by atoms with Gasteiger partial charge in [0.2, 0.25) is 76.8 Å². The Morgan fingerprint density at radius 2 is 1.04 bits per heavy atom. The number of ether oxygens (including phenoxy) is 4. The molecule has 2 aliphatic heterocycles. The van der Waals surface area contributed by atoms with Crippen LogP contribution in [0.25, 0.3) is 0 Å². The van der Waals surface area contributed by atoms with E-state index >= 15 is 0 Å². The van der Waals surface area contributed by atoms with Crippen LogP contribution in [-0.4, -0.2) is 297 Å². The molecule has 2 bridgehead atoms. The molecule has 13 amide bonds. The molecule has 652 valence electrons. The van der Waals surface area contributed by atoms with Crippen LogP contribution in [0.5, 0.6) is 0 Å². The van der Waals surface area contributed by atoms with Crippen LogP contribution < -0.4 is 91.6 Å². The zero-order valence-electron chi connectivity index (χ0n) is 66.8. The standard InChI is InChI=1S/C72H120N20O21S3/c1-45(91-108)71(3,4)82-26-21-47(22-27-83-72(5,6)46(2)92-109)20-25-77-58(95)19-12-18-57(94)76-23-11-10-16-50-65(103)89-54-42-115-116-43-55(90-67(105)52(37-62(99)100)85-59(96)38-81-63(101)49(86-68(54)106)17-13-24-80-70(74)75)69(107)87-51(36-48-14-8-7-9-15-48)66(104)88-53(41-114-44-61(98)84-50)64(102)79-29-31-111-33-35-112-34-32-110-30-28-78-60(97)40-113-39-56(73)93/h7-9,14-15,47,49-55,82-83,108-109H,10-13,16-44H2,1-6H3,(H2,73,93)(H,76,94)(H,77,95)(H,78,97)(H,79,102)(H,81,101)(H,84,98)(H,85,96)(H,86,106)(H,87,107)(H,88,104)(H,89,103)(H,90,105)(H,99,100)(H4,74,75,80)/b91-45+,92-46+/t49-,50?,51-,52-,53-,54-,55-/m0/s1. The minimum Gasteiger partial charge on any atom is -0.481 e. The lowest BCUT2D eigenvalue weighted by molar-refractivity contribution is -0.141. The maximum atomic E-state index is 14.7. The highest BCUT2D eigenvalue weighted by molar-refractivity contribution is 8.76. The van der Waals surface area contributed by atoms with Gasteiger partial charge in [0.05, 0.1) is 80.9 Å². The lowest BCUT2D eigenvalue weighted by Crippen LogP contribution is -2.60. The van der Waals surface area contributed by atoms with E-state index in [0.717, 1.165) is 46.2 Å². The van der Waals surface area contributed by atoms with Crippen molar-refractivity contribution in [1.29, 1.82) is 0 Å². The van der Waals surface area contributed by atoms with Gasteiger partial charge in [0, 0.05) is 69.2 Å². The summed E-state index contributed by atoms with van der Waals surface area (Å²) in [6.07, 6.45) is 1.53. The van der Waals surface area contributed by atoms with E-state index < -0.39 is 150 Å². The van der Waals surface area contributed by atoms with Gasteiger partial charge >= 0.3 is 5.97 Å². The molecule has 41 nitrogen and oxygen atoms in total. The first kappa shape index (κ1) is 101. The second kappa shape index (κ2) is 57.0. The van der Waals surface area contributed by atoms with Crippen LogP contribution in [-0.2, 0) is 92.5 Å². The number of nitrogens with two attached hydrogens (primary N) is 3. The van der Waals surface area contributed by atoms with Crippen LogP contribution >= 0.6 is 33.3 Å². The number of nitrogens with zero attached hydrogens (tertiary/aromatic N) is 3. The first-order chi connectivity index (χ1) is 55.2. The summed E-state index contributed by atoms with van der Waals surface area (Å²) < 4.78 is 21.5. The summed E-state index contributed by atoms with van der Waals surface area (Å²) in [4.78, 5) is 194. The third-order valence-corrected chi connectivity index (χ3v) is 21.6. The second-order valence-electron chi connectivity index (χ2n) is 28.3. The number of guanidine groups is 1. The molecule has 2 fully saturated rings. The van der Waals surface area contributed by atoms with Crippen molar-refractivity contribution in [1.82, 2.24) is 74.4 Å². The molecule has 0 aromatic heterocycles. The van der Waals surface area contributed by atoms with Crippen LogP contribution in [0.1, 0.15) is 124 Å². The number of oxime groups is 2. The first-order valence-corrected chi connectivity index (χ1v) is 41.9. The van der Waals surface area contributed by atoms with E-state index in [4.69, 9.17) is 36.1 Å². The molecular weight excluding hydrogens is 1580 g/mol. The number of aliphatic imine (C=N–C) groups is 1. The van der Waals surface area contributed by atoms with Crippen molar-refractivity contribution in [2.45, 2.75) is 178 Å². The average molecular weight is 1700 g/mol. The molecule has 0 spiro atoms. The van der Waals surface area contributed by atoms with Crippen molar-refractivity contribution in [2.24, 2.45) is 38.4 Å². The van der Waals surface area contributed by atoms with Gasteiger partial charge in [-0.3, -0.25) is 72.1 Å². The third kappa shape index (κ3) is 44.2. The van der Waals surface area contributed by atoms with E-state index in [-0.39, 0.29) is 171 Å². The zero-order chi connectivity index (χ0) is 85.9. The number of nitrogens with one attached hydrogen (secondary N) is 14. The smallest absolute Gasteiger partial charge is 0.305 e. The highest BCUT2D eigenvalue weighted by Crippen LogP contribution is 2.25. The lowest BCUT2D eigenvalue weighted by atomic mass is 9.94. The number of primary amides is 1. The summed E-state index contributed by atoms with van der Waals surface area (Å²) in [7, 11) is 1.81. The quantitative estimate of drug-likeness (QED) is 0.00738. The zero-order valence-corrected chi connectivity index (χ0v) is 69.3. The van der Waals surface area contributed by atoms with Gasteiger partial charge in [0.1, 0.15) is 55.5 Å². The lowest BCUT2D eigenvalue weighted by Gasteiger charge is -2.28. The molecule has 23 N–H and O–H groups in total. The molecule has 1 unspecified atom stereocenters. The summed E-state index contributed by atoms with van der Waals surface area (Å²) in [5.41, 5.74) is 16.5. The molecule has 7 atom stereocenters. The molecule has 44 heteroatoms. The number of rotatable bonds is 47. The highest BCUT2D eigenvalue weighted by atomic mass is 33.1. The van der Waals surface area contributed by atoms with Gasteiger partial charge in [0.25, 0.3) is 0 Å². The molecule has 2 saturated heterocycles. The summed E-state index contributed by atoms with van der Waals surface area (Å²) in [5.74, 6) is -13.2. The van der Waals surface area contributed by atoms with E-state index in [9.17, 15) is 82.6 Å². The van der Waals surface area contributed by atoms with Crippen LogP contribution in [0.3, 0.4) is 0 Å². The molecule has 2 aliphatic rings. The highest BCUT2D eigenvalue weighted by Gasteiger charge is 2.36. The average Bonchev–Trinajstić information content (AvgIpc) is 0.972. The van der Waals surface area contributed by atoms with Crippen LogP contribution in [0.15, 0.2) is 45.6 Å². The van der Waals surface area contributed by atoms with Crippen molar-refractivity contribution >= 4 is 133 Å². The molecular formula is C72H120N20O21S3. The fourth-order valence-electron chi connectivity index (χ4n) is 11.0. The van der Waals surface area contributed by atoms with E-state index in [0.29, 0.717) is 43.0 Å². The Hall–Kier alpha value is -9.18. The van der Waals surface area contributed by atoms with Crippen LogP contribution in [0.2, 0.25) is 0 Å². The molecule has 0 radical (unpaired) electrons. The number of carbonyl (C=O) groups is 14. The SMILES string of the molecule is C/C(=N\O)C(C)(C)NCCC(CCNC(=O)CCCC(=O)NCCCCC1NC(=O)CSC[C@@H](C(=O)NCCOCCOCCOCCNC(=O)COCC(N)=O)NC(=O)[C@H](Cc2ccccc2)NC(=O)[C@@H]2CSSC[C@H](NC1=O)C(=O)N[C@@H](CCCN=C(N)N)C(=O)NCC(=O)N[C@@H](CC(=O)O)C(=O)N2)CCNC(C)(C)/C(C)=N/O. The fraction of sp³-hybridized carbons (Fsp3) is 0.681. The van der Waals surface area contributed by atoms with E-state index in [1.165, 1.54) is 0 Å². The predicted molar refractivity (Wildman–Crippen MR) is 435 cm³/mol. The number of aliphatic carboxylic acids is 1. The number of thioether (sulfide) groups is 1. The molecule has 0 saturated carbocycles. The number of fused-ring (bicyclic) bond motifs is 5. The normalized spacial score (nSPS) is 19.9. The van der Waals surface area contributed by atoms with Crippen molar-refractivity contribution in [3.63, 3.8) is 0 Å². The van der Waals surface area contributed by atoms with Crippen molar-refractivity contribution in [3.8, 4) is 0 Å². The number of unbranched alkanes of at least 4 members (excludes halogenated alkanes) is 1. The molecule has 0 aliphatic carbocycles. The molecule has 3 rings (SSSR count). The number of carboxylic acid groups (broad SMARTS) is 1. The van der Waals surface area contributed by atoms with Gasteiger partial charge in [-0.1, -0.05) is 62.2 Å². The maximum Gasteiger partial charge on any atom is 0.305 e. The number of carboxylic acids is 1. The number of amides is 13. The van der Waals surface area contributed by atoms with Crippen LogP contribution in [0, 0.1) is 5.92 Å². The summed E-state index contributed by atoms with van der Waals surface area (Å²) >= 11 is 0.882. The Labute approximate surface area is 687 Å². The Bertz CT molecular complexity index is 3380. The van der Waals surface area contributed by atoms with Crippen molar-refractivity contribution in [2.75, 3.05) is 128 Å². The van der Waals surface area contributed by atoms with Gasteiger partial charge in [-0.05, 0) is 124 Å². The first-order valence-electron chi connectivity index (χ1n) is 38.3. The minimum atomic E-state index is -1.85. The molecule has 1 aromatic rings. The van der Waals surface area contributed by atoms with Gasteiger partial charge in [0.15, 0.2) is 5.96 Å². The largest absolute Gasteiger partial charge is 0.481 e. The monoisotopic (exact) mass is 1700 g/mol. The Kier molecular flexibility index (Phi) is 49.6. The summed E-state index contributed by atoms with van der Waals surface area (Å²) in [6, 6.07) is -2.37. The number of carbonyl (C=O) groups excluding carboxylic acids is 13. The molecule has 116 heavy (non-hydrogen) atoms. The maximum absolute atomic E-state index is 14.7. The molecule has 1 aromatic carbocycles. The Balaban J connectivity index is 1.91. The van der Waals surface area contributed by atoms with Crippen molar-refractivity contribution < 1.29 is 102 Å². The molecule has 2 heterocycles. The predicted octanol–water partition coefficient (Wildman–Crippen LogP) is -4.01. The summed E-state index contributed by atoms with van der Waals surface area (Å²) in [5, 5.41) is 73.8. The Morgan fingerprint density at radius 1 is 0.534 bits per heavy atom. The van der Waals surface area contributed by atoms with E-state index in [2.05, 4.69) is 89.7 Å². The second-order valence-corrected chi connectivity index (χ2v) is 31.9. The van der Waals surface area contributed by atoms with Gasteiger partial charge < -0.3 is 126 Å². The third-order valence-electron chi connectivity index (χ3n) is 18.2. The summed E-state index contributed by atoms with van der Waals surface area (Å²) in [6.45, 7) is 11.9. The van der Waals surface area contributed by atoms with E-state index in [1.807, 2.05) is 27.7 Å².